The maximum absolute atomic E-state index is 2.49. The van der Waals surface area contributed by atoms with Crippen LogP contribution in [0.1, 0.15) is 35.4 Å². The first-order chi connectivity index (χ1) is 28.7. The lowest BCUT2D eigenvalue weighted by atomic mass is 9.69. The second-order valence-electron chi connectivity index (χ2n) is 16.1. The van der Waals surface area contributed by atoms with Crippen LogP contribution in [0.4, 0.5) is 0 Å². The predicted octanol–water partition coefficient (Wildman–Crippen LogP) is 15.5. The van der Waals surface area contributed by atoms with Crippen molar-refractivity contribution in [2.45, 2.75) is 18.8 Å². The largest absolute Gasteiger partial charge is 0.309 e. The Kier molecular flexibility index (Phi) is 7.34. The Morgan fingerprint density at radius 1 is 0.328 bits per heavy atom. The molecule has 0 saturated heterocycles. The van der Waals surface area contributed by atoms with E-state index in [4.69, 9.17) is 0 Å². The smallest absolute Gasteiger partial charge is 0.0541 e. The highest BCUT2D eigenvalue weighted by atomic mass is 15.0. The number of hydrogen-bond donors (Lipinski definition) is 0. The zero-order chi connectivity index (χ0) is 38.3. The van der Waals surface area contributed by atoms with Gasteiger partial charge < -0.3 is 4.57 Å². The summed E-state index contributed by atoms with van der Waals surface area (Å²) < 4.78 is 2.42. The first-order valence-corrected chi connectivity index (χ1v) is 20.5. The molecular formula is C57H39N. The lowest BCUT2D eigenvalue weighted by Crippen LogP contribution is -2.17. The summed E-state index contributed by atoms with van der Waals surface area (Å²) in [4.78, 5) is 0. The lowest BCUT2D eigenvalue weighted by Gasteiger charge is -2.34. The van der Waals surface area contributed by atoms with Gasteiger partial charge in [0.1, 0.15) is 0 Å². The molecule has 12 rings (SSSR count). The highest BCUT2D eigenvalue weighted by molar-refractivity contribution is 6.25. The molecule has 10 aromatic carbocycles. The van der Waals surface area contributed by atoms with E-state index in [9.17, 15) is 0 Å². The first kappa shape index (κ1) is 33.0. The minimum Gasteiger partial charge on any atom is -0.309 e. The Labute approximate surface area is 338 Å². The molecule has 1 nitrogen and oxygen atoms in total. The summed E-state index contributed by atoms with van der Waals surface area (Å²) >= 11 is 0. The molecule has 0 radical (unpaired) electrons. The van der Waals surface area contributed by atoms with Crippen LogP contribution in [-0.2, 0) is 0 Å². The van der Waals surface area contributed by atoms with Gasteiger partial charge in [-0.1, -0.05) is 171 Å². The average Bonchev–Trinajstić information content (AvgIpc) is 3.63. The van der Waals surface area contributed by atoms with Crippen LogP contribution >= 0.6 is 0 Å². The van der Waals surface area contributed by atoms with Crippen LogP contribution in [0.2, 0.25) is 0 Å². The van der Waals surface area contributed by atoms with E-state index < -0.39 is 0 Å². The highest BCUT2D eigenvalue weighted by Gasteiger charge is 2.32. The van der Waals surface area contributed by atoms with E-state index in [1.807, 2.05) is 0 Å². The molecule has 2 unspecified atom stereocenters. The molecule has 0 bridgehead atoms. The average molecular weight is 738 g/mol. The van der Waals surface area contributed by atoms with Crippen LogP contribution in [0.15, 0.2) is 206 Å². The number of hydrogen-bond acceptors (Lipinski definition) is 0. The van der Waals surface area contributed by atoms with Gasteiger partial charge in [0.15, 0.2) is 0 Å². The van der Waals surface area contributed by atoms with Gasteiger partial charge in [-0.25, -0.2) is 0 Å². The summed E-state index contributed by atoms with van der Waals surface area (Å²) in [5.74, 6) is 0.544. The third-order valence-electron chi connectivity index (χ3n) is 13.0. The van der Waals surface area contributed by atoms with Crippen molar-refractivity contribution in [2.75, 3.05) is 0 Å². The lowest BCUT2D eigenvalue weighted by molar-refractivity contribution is 0.650. The molecule has 0 spiro atoms. The van der Waals surface area contributed by atoms with Gasteiger partial charge in [-0.2, -0.15) is 0 Å². The van der Waals surface area contributed by atoms with Crippen LogP contribution < -0.4 is 0 Å². The van der Waals surface area contributed by atoms with E-state index in [-0.39, 0.29) is 5.92 Å². The molecule has 272 valence electrons. The maximum atomic E-state index is 2.49. The van der Waals surface area contributed by atoms with Crippen LogP contribution in [0.25, 0.3) is 93.2 Å². The van der Waals surface area contributed by atoms with Gasteiger partial charge in [-0.15, -0.1) is 0 Å². The number of benzene rings is 10. The molecule has 0 N–H and O–H groups in total. The second kappa shape index (κ2) is 12.9. The van der Waals surface area contributed by atoms with Crippen molar-refractivity contribution < 1.29 is 0 Å². The van der Waals surface area contributed by atoms with Crippen LogP contribution in [0.3, 0.4) is 0 Å². The van der Waals surface area contributed by atoms with Crippen LogP contribution in [0, 0.1) is 0 Å². The molecular weight excluding hydrogens is 699 g/mol. The van der Waals surface area contributed by atoms with Crippen LogP contribution in [0.5, 0.6) is 0 Å². The molecule has 58 heavy (non-hydrogen) atoms. The topological polar surface area (TPSA) is 4.93 Å². The fourth-order valence-electron chi connectivity index (χ4n) is 10.3. The van der Waals surface area contributed by atoms with E-state index in [1.165, 1.54) is 110 Å². The van der Waals surface area contributed by atoms with Gasteiger partial charge in [0.25, 0.3) is 0 Å². The highest BCUT2D eigenvalue weighted by Crippen LogP contribution is 2.51. The van der Waals surface area contributed by atoms with E-state index >= 15 is 0 Å². The van der Waals surface area contributed by atoms with Crippen molar-refractivity contribution in [3.05, 3.63) is 223 Å². The minimum absolute atomic E-state index is 0.243. The van der Waals surface area contributed by atoms with E-state index in [1.54, 1.807) is 0 Å². The summed E-state index contributed by atoms with van der Waals surface area (Å²) in [6.07, 6.45) is 0. The molecule has 0 aliphatic heterocycles. The summed E-state index contributed by atoms with van der Waals surface area (Å²) in [6.45, 7) is 2.43. The zero-order valence-corrected chi connectivity index (χ0v) is 32.2. The SMILES string of the molecule is CC1c2ccc(-c3ccc4c(c3)c3ccccc3n4-c3cccc(-c4ccccc4)c3)cc2-c2ccccc2C1c1ccc2c3ccccc3c3ccccc3c2c1. The second-order valence-corrected chi connectivity index (χ2v) is 16.1. The van der Waals surface area contributed by atoms with Gasteiger partial charge in [0, 0.05) is 22.4 Å². The molecule has 1 aromatic heterocycles. The number of para-hydroxylation sites is 1. The van der Waals surface area contributed by atoms with Crippen molar-refractivity contribution in [2.24, 2.45) is 0 Å². The number of aromatic nitrogens is 1. The fourth-order valence-corrected chi connectivity index (χ4v) is 10.3. The molecule has 1 heteroatoms. The minimum atomic E-state index is 0.243. The molecule has 1 heterocycles. The molecule has 0 saturated carbocycles. The van der Waals surface area contributed by atoms with E-state index in [0.717, 1.165) is 0 Å². The number of rotatable bonds is 4. The van der Waals surface area contributed by atoms with Gasteiger partial charge >= 0.3 is 0 Å². The Bertz CT molecular complexity index is 3390. The molecule has 0 amide bonds. The zero-order valence-electron chi connectivity index (χ0n) is 32.2. The van der Waals surface area contributed by atoms with Gasteiger partial charge in [0.05, 0.1) is 11.0 Å². The Morgan fingerprint density at radius 3 is 1.71 bits per heavy atom. The molecule has 2 atom stereocenters. The van der Waals surface area contributed by atoms with Crippen molar-refractivity contribution in [3.63, 3.8) is 0 Å². The van der Waals surface area contributed by atoms with Crippen molar-refractivity contribution >= 4 is 54.1 Å². The number of fused-ring (bicyclic) bond motifs is 12. The third kappa shape index (κ3) is 4.96. The number of nitrogens with zero attached hydrogens (tertiary/aromatic N) is 1. The van der Waals surface area contributed by atoms with Crippen molar-refractivity contribution in [3.8, 4) is 39.1 Å². The summed E-state index contributed by atoms with van der Waals surface area (Å²) in [7, 11) is 0. The monoisotopic (exact) mass is 737 g/mol. The Hall–Kier alpha value is -7.22. The fraction of sp³-hybridized carbons (Fsp3) is 0.0526. The van der Waals surface area contributed by atoms with Crippen molar-refractivity contribution in [1.29, 1.82) is 0 Å². The van der Waals surface area contributed by atoms with Gasteiger partial charge in [0.2, 0.25) is 0 Å². The molecule has 1 aliphatic rings. The van der Waals surface area contributed by atoms with E-state index in [2.05, 4.69) is 218 Å². The van der Waals surface area contributed by atoms with Gasteiger partial charge in [-0.3, -0.25) is 0 Å². The maximum Gasteiger partial charge on any atom is 0.0541 e. The Morgan fingerprint density at radius 2 is 0.914 bits per heavy atom. The molecule has 1 aliphatic carbocycles. The predicted molar refractivity (Wildman–Crippen MR) is 246 cm³/mol. The van der Waals surface area contributed by atoms with Crippen LogP contribution in [-0.4, -0.2) is 4.57 Å². The molecule has 0 fully saturated rings. The van der Waals surface area contributed by atoms with Gasteiger partial charge in [-0.05, 0) is 131 Å². The molecule has 11 aromatic rings. The third-order valence-corrected chi connectivity index (χ3v) is 13.0. The quantitative estimate of drug-likeness (QED) is 0.159. The standard InChI is InChI=1S/C57H39N/c1-36-43-29-26-39(40-28-31-56-54(34-40)50-23-11-12-25-55(50)58(56)42-17-13-16-38(32-42)37-14-3-2-4-15-37)33-52(43)48-22-9-10-24-51(48)57(36)41-27-30-49-46-20-6-5-18-44(46)45-19-7-8-21-47(45)53(49)35-41/h2-36,57H,1H3. The summed E-state index contributed by atoms with van der Waals surface area (Å²) in [6, 6.07) is 76.8. The first-order valence-electron chi connectivity index (χ1n) is 20.5. The Balaban J connectivity index is 0.971. The van der Waals surface area contributed by atoms with Crippen molar-refractivity contribution in [1.82, 2.24) is 4.57 Å². The summed E-state index contributed by atoms with van der Waals surface area (Å²) in [5, 5.41) is 10.5. The van der Waals surface area contributed by atoms with E-state index in [0.29, 0.717) is 5.92 Å². The normalized spacial score (nSPS) is 15.0. The summed E-state index contributed by atoms with van der Waals surface area (Å²) in [5.41, 5.74) is 15.4.